The van der Waals surface area contributed by atoms with Crippen molar-refractivity contribution in [2.75, 3.05) is 85.5 Å². The van der Waals surface area contributed by atoms with Gasteiger partial charge in [-0.15, -0.1) is 0 Å². The van der Waals surface area contributed by atoms with E-state index in [0.29, 0.717) is 59.2 Å². The molecule has 0 heterocycles. The first-order valence-electron chi connectivity index (χ1n) is 11.3. The van der Waals surface area contributed by atoms with Gasteiger partial charge < -0.3 is 40.0 Å². The molecule has 0 saturated carbocycles. The van der Waals surface area contributed by atoms with E-state index >= 15 is 0 Å². The standard InChI is InChI=1S/C20H39N7O8/c1-20(2,3)35-19(31)24-6-10-27(9-5-23-18(29)30)8-4-22-17(28)16-34-15-14-33-13-12-32-11-7-25-26-21/h23H,4-16H2,1-3H3,(H,22,28)(H,24,31)(H,29,30). The van der Waals surface area contributed by atoms with Gasteiger partial charge in [-0.1, -0.05) is 5.11 Å². The van der Waals surface area contributed by atoms with Gasteiger partial charge >= 0.3 is 12.2 Å². The van der Waals surface area contributed by atoms with Gasteiger partial charge in [0, 0.05) is 50.7 Å². The minimum Gasteiger partial charge on any atom is -0.465 e. The number of alkyl carbamates (subject to hydrolysis) is 1. The highest BCUT2D eigenvalue weighted by Crippen LogP contribution is 2.06. The highest BCUT2D eigenvalue weighted by molar-refractivity contribution is 5.77. The average Bonchev–Trinajstić information content (AvgIpc) is 2.75. The summed E-state index contributed by atoms with van der Waals surface area (Å²) in [6, 6.07) is 0. The summed E-state index contributed by atoms with van der Waals surface area (Å²) in [5.74, 6) is -0.290. The maximum Gasteiger partial charge on any atom is 0.407 e. The largest absolute Gasteiger partial charge is 0.465 e. The van der Waals surface area contributed by atoms with Gasteiger partial charge in [-0.05, 0) is 26.3 Å². The highest BCUT2D eigenvalue weighted by atomic mass is 16.6. The van der Waals surface area contributed by atoms with Crippen LogP contribution in [-0.2, 0) is 23.7 Å². The Morgan fingerprint density at radius 3 is 2.00 bits per heavy atom. The number of carbonyl (C=O) groups is 3. The van der Waals surface area contributed by atoms with E-state index in [4.69, 9.17) is 29.6 Å². The van der Waals surface area contributed by atoms with Gasteiger partial charge in [0.2, 0.25) is 5.91 Å². The Morgan fingerprint density at radius 1 is 0.886 bits per heavy atom. The predicted octanol–water partition coefficient (Wildman–Crippen LogP) is 0.557. The Balaban J connectivity index is 3.99. The van der Waals surface area contributed by atoms with Crippen LogP contribution in [0.3, 0.4) is 0 Å². The zero-order valence-corrected chi connectivity index (χ0v) is 20.8. The number of hydrogen-bond donors (Lipinski definition) is 4. The first-order valence-corrected chi connectivity index (χ1v) is 11.3. The number of azide groups is 1. The van der Waals surface area contributed by atoms with Crippen LogP contribution in [0, 0.1) is 0 Å². The number of carboxylic acid groups (broad SMARTS) is 1. The number of hydrogen-bond acceptors (Lipinski definition) is 9. The summed E-state index contributed by atoms with van der Waals surface area (Å²) in [4.78, 5) is 38.8. The average molecular weight is 506 g/mol. The third kappa shape index (κ3) is 24.1. The molecule has 15 heteroatoms. The van der Waals surface area contributed by atoms with Gasteiger partial charge in [0.15, 0.2) is 0 Å². The lowest BCUT2D eigenvalue weighted by Gasteiger charge is -2.24. The Bertz CT molecular complexity index is 654. The number of rotatable bonds is 20. The highest BCUT2D eigenvalue weighted by Gasteiger charge is 2.16. The summed E-state index contributed by atoms with van der Waals surface area (Å²) in [6.45, 7) is 9.20. The van der Waals surface area contributed by atoms with Crippen LogP contribution in [0.2, 0.25) is 0 Å². The van der Waals surface area contributed by atoms with Crippen LogP contribution in [0.4, 0.5) is 9.59 Å². The van der Waals surface area contributed by atoms with Crippen molar-refractivity contribution in [3.63, 3.8) is 0 Å². The van der Waals surface area contributed by atoms with E-state index in [1.54, 1.807) is 20.8 Å². The molecular formula is C20H39N7O8. The first kappa shape index (κ1) is 32.2. The SMILES string of the molecule is CC(C)(C)OC(=O)NCCN(CCNC(=O)O)CCNC(=O)COCCOCCOCCN=[N+]=[N-]. The molecule has 3 amide bonds. The summed E-state index contributed by atoms with van der Waals surface area (Å²) in [5, 5.41) is 19.7. The van der Waals surface area contributed by atoms with Crippen molar-refractivity contribution >= 4 is 18.1 Å². The van der Waals surface area contributed by atoms with Crippen molar-refractivity contribution in [2.45, 2.75) is 26.4 Å². The second-order valence-corrected chi connectivity index (χ2v) is 8.08. The third-order valence-electron chi connectivity index (χ3n) is 3.93. The van der Waals surface area contributed by atoms with E-state index in [9.17, 15) is 14.4 Å². The summed E-state index contributed by atoms with van der Waals surface area (Å²) < 4.78 is 20.9. The molecule has 0 radical (unpaired) electrons. The third-order valence-corrected chi connectivity index (χ3v) is 3.93. The maximum atomic E-state index is 11.9. The van der Waals surface area contributed by atoms with Crippen LogP contribution in [0.15, 0.2) is 5.11 Å². The van der Waals surface area contributed by atoms with Gasteiger partial charge in [0.25, 0.3) is 0 Å². The van der Waals surface area contributed by atoms with Crippen LogP contribution >= 0.6 is 0 Å². The second-order valence-electron chi connectivity index (χ2n) is 8.08. The summed E-state index contributed by atoms with van der Waals surface area (Å²) >= 11 is 0. The minimum atomic E-state index is -1.12. The van der Waals surface area contributed by atoms with Gasteiger partial charge in [-0.25, -0.2) is 9.59 Å². The molecule has 0 rings (SSSR count). The molecule has 4 N–H and O–H groups in total. The van der Waals surface area contributed by atoms with Gasteiger partial charge in [0.1, 0.15) is 12.2 Å². The maximum absolute atomic E-state index is 11.9. The molecule has 0 atom stereocenters. The normalized spacial score (nSPS) is 11.0. The molecule has 0 bridgehead atoms. The molecule has 0 aromatic rings. The van der Waals surface area contributed by atoms with E-state index in [0.717, 1.165) is 0 Å². The van der Waals surface area contributed by atoms with E-state index in [1.807, 2.05) is 4.90 Å². The number of carbonyl (C=O) groups excluding carboxylic acids is 2. The lowest BCUT2D eigenvalue weighted by atomic mass is 10.2. The molecule has 0 aliphatic rings. The van der Waals surface area contributed by atoms with Gasteiger partial charge in [-0.3, -0.25) is 9.69 Å². The Morgan fingerprint density at radius 2 is 1.43 bits per heavy atom. The number of nitrogens with one attached hydrogen (secondary N) is 3. The van der Waals surface area contributed by atoms with Crippen molar-refractivity contribution in [2.24, 2.45) is 5.11 Å². The van der Waals surface area contributed by atoms with Crippen molar-refractivity contribution in [1.82, 2.24) is 20.9 Å². The molecule has 0 aromatic carbocycles. The Kier molecular flexibility index (Phi) is 18.9. The topological polar surface area (TPSA) is 196 Å². The van der Waals surface area contributed by atoms with Crippen LogP contribution < -0.4 is 16.0 Å². The summed E-state index contributed by atoms with van der Waals surface area (Å²) in [7, 11) is 0. The smallest absolute Gasteiger partial charge is 0.407 e. The molecular weight excluding hydrogens is 466 g/mol. The number of ether oxygens (including phenoxy) is 4. The lowest BCUT2D eigenvalue weighted by molar-refractivity contribution is -0.126. The molecule has 202 valence electrons. The number of amides is 3. The first-order chi connectivity index (χ1) is 16.6. The summed E-state index contributed by atoms with van der Waals surface area (Å²) in [6.07, 6.45) is -1.66. The van der Waals surface area contributed by atoms with Gasteiger partial charge in [0.05, 0.1) is 33.0 Å². The summed E-state index contributed by atoms with van der Waals surface area (Å²) in [5.41, 5.74) is 7.52. The molecule has 35 heavy (non-hydrogen) atoms. The molecule has 0 fully saturated rings. The Labute approximate surface area is 205 Å². The van der Waals surface area contributed by atoms with Crippen molar-refractivity contribution in [3.8, 4) is 0 Å². The monoisotopic (exact) mass is 505 g/mol. The molecule has 0 aromatic heterocycles. The quantitative estimate of drug-likeness (QED) is 0.0790. The fourth-order valence-electron chi connectivity index (χ4n) is 2.45. The second kappa shape index (κ2) is 20.5. The fourth-order valence-corrected chi connectivity index (χ4v) is 2.45. The molecule has 0 aliphatic carbocycles. The fraction of sp³-hybridized carbons (Fsp3) is 0.850. The molecule has 0 unspecified atom stereocenters. The van der Waals surface area contributed by atoms with Crippen LogP contribution in [-0.4, -0.2) is 119 Å². The van der Waals surface area contributed by atoms with Crippen molar-refractivity contribution in [1.29, 1.82) is 0 Å². The van der Waals surface area contributed by atoms with Crippen molar-refractivity contribution in [3.05, 3.63) is 10.4 Å². The van der Waals surface area contributed by atoms with Crippen LogP contribution in [0.25, 0.3) is 10.4 Å². The zero-order valence-electron chi connectivity index (χ0n) is 20.8. The predicted molar refractivity (Wildman–Crippen MR) is 126 cm³/mol. The molecule has 0 aliphatic heterocycles. The van der Waals surface area contributed by atoms with E-state index in [2.05, 4.69) is 26.0 Å². The number of nitrogens with zero attached hydrogens (tertiary/aromatic N) is 4. The Hall–Kier alpha value is -2.84. The van der Waals surface area contributed by atoms with Gasteiger partial charge in [-0.2, -0.15) is 0 Å². The molecule has 0 saturated heterocycles. The van der Waals surface area contributed by atoms with E-state index in [-0.39, 0.29) is 32.2 Å². The minimum absolute atomic E-state index is 0.118. The van der Waals surface area contributed by atoms with Crippen molar-refractivity contribution < 1.29 is 38.4 Å². The van der Waals surface area contributed by atoms with Crippen LogP contribution in [0.1, 0.15) is 20.8 Å². The van der Waals surface area contributed by atoms with Crippen LogP contribution in [0.5, 0.6) is 0 Å². The molecule has 15 nitrogen and oxygen atoms in total. The van der Waals surface area contributed by atoms with E-state index < -0.39 is 17.8 Å². The lowest BCUT2D eigenvalue weighted by Crippen LogP contribution is -2.43. The van der Waals surface area contributed by atoms with E-state index in [1.165, 1.54) is 0 Å². The zero-order chi connectivity index (χ0) is 26.4. The molecule has 0 spiro atoms.